The Bertz CT molecular complexity index is 1290. The molecular formula is C23H21F3N2O5. The molecule has 3 aromatic rings. The summed E-state index contributed by atoms with van der Waals surface area (Å²) < 4.78 is 41.4. The Labute approximate surface area is 186 Å². The van der Waals surface area contributed by atoms with Crippen molar-refractivity contribution in [3.8, 4) is 5.69 Å². The molecule has 0 aliphatic rings. The first-order chi connectivity index (χ1) is 15.5. The van der Waals surface area contributed by atoms with Crippen LogP contribution in [0.3, 0.4) is 0 Å². The fraction of sp³-hybridized carbons (Fsp3) is 0.261. The topological polar surface area (TPSA) is 102 Å². The van der Waals surface area contributed by atoms with Gasteiger partial charge in [-0.1, -0.05) is 24.3 Å². The van der Waals surface area contributed by atoms with E-state index in [4.69, 9.17) is 5.11 Å². The van der Waals surface area contributed by atoms with Crippen molar-refractivity contribution in [1.29, 1.82) is 0 Å². The first kappa shape index (κ1) is 24.0. The molecule has 1 aromatic heterocycles. The van der Waals surface area contributed by atoms with Crippen molar-refractivity contribution in [1.82, 2.24) is 9.13 Å². The number of rotatable bonds is 7. The number of carbonyl (C=O) groups is 1. The van der Waals surface area contributed by atoms with Gasteiger partial charge in [0, 0.05) is 12.8 Å². The Hall–Kier alpha value is -3.66. The van der Waals surface area contributed by atoms with Gasteiger partial charge in [0.05, 0.1) is 17.8 Å². The number of halogens is 3. The molecule has 3 rings (SSSR count). The second kappa shape index (κ2) is 9.45. The zero-order chi connectivity index (χ0) is 24.3. The number of benzene rings is 2. The van der Waals surface area contributed by atoms with E-state index in [0.717, 1.165) is 22.4 Å². The standard InChI is InChI=1S/C23H21F3N2O5/c1-14-16(5-2-6-19(14)23(24,25)26)12-28-20(30)18(21(31)32)13-27(22(28)33)17-9-7-15(8-10-17)4-3-11-29/h2,5-10,13,29H,3-4,11-12H2,1H3,(H,31,32). The van der Waals surface area contributed by atoms with E-state index in [2.05, 4.69) is 0 Å². The normalized spacial score (nSPS) is 11.5. The lowest BCUT2D eigenvalue weighted by Gasteiger charge is -2.16. The molecule has 0 amide bonds. The summed E-state index contributed by atoms with van der Waals surface area (Å²) in [5.74, 6) is -1.57. The third-order valence-corrected chi connectivity index (χ3v) is 5.32. The van der Waals surface area contributed by atoms with Crippen LogP contribution in [0.1, 0.15) is 39.0 Å². The van der Waals surface area contributed by atoms with Gasteiger partial charge in [0.1, 0.15) is 5.56 Å². The maximum atomic E-state index is 13.3. The van der Waals surface area contributed by atoms with Crippen LogP contribution in [0, 0.1) is 6.92 Å². The van der Waals surface area contributed by atoms with Crippen LogP contribution in [0.25, 0.3) is 5.69 Å². The summed E-state index contributed by atoms with van der Waals surface area (Å²) in [6.07, 6.45) is -2.57. The monoisotopic (exact) mass is 462 g/mol. The van der Waals surface area contributed by atoms with Gasteiger partial charge in [0.15, 0.2) is 0 Å². The summed E-state index contributed by atoms with van der Waals surface area (Å²) in [6, 6.07) is 9.93. The molecule has 0 radical (unpaired) electrons. The Morgan fingerprint density at radius 1 is 1.06 bits per heavy atom. The van der Waals surface area contributed by atoms with E-state index in [-0.39, 0.29) is 23.4 Å². The van der Waals surface area contributed by atoms with Crippen LogP contribution in [0.4, 0.5) is 13.2 Å². The highest BCUT2D eigenvalue weighted by molar-refractivity contribution is 5.86. The van der Waals surface area contributed by atoms with Gasteiger partial charge in [0.25, 0.3) is 5.56 Å². The van der Waals surface area contributed by atoms with Crippen LogP contribution in [-0.4, -0.2) is 31.9 Å². The number of carboxylic acid groups (broad SMARTS) is 1. The highest BCUT2D eigenvalue weighted by Crippen LogP contribution is 2.33. The molecule has 0 unspecified atom stereocenters. The molecule has 2 aromatic carbocycles. The lowest BCUT2D eigenvalue weighted by Crippen LogP contribution is -2.42. The quantitative estimate of drug-likeness (QED) is 0.562. The lowest BCUT2D eigenvalue weighted by atomic mass is 10.0. The fourth-order valence-electron chi connectivity index (χ4n) is 3.51. The second-order valence-electron chi connectivity index (χ2n) is 7.47. The molecule has 0 saturated carbocycles. The molecule has 0 spiro atoms. The molecule has 0 atom stereocenters. The number of hydrogen-bond donors (Lipinski definition) is 2. The summed E-state index contributed by atoms with van der Waals surface area (Å²) >= 11 is 0. The number of carboxylic acids is 1. The van der Waals surface area contributed by atoms with Crippen LogP contribution in [0.15, 0.2) is 58.3 Å². The van der Waals surface area contributed by atoms with E-state index >= 15 is 0 Å². The summed E-state index contributed by atoms with van der Waals surface area (Å²) in [5, 5.41) is 18.4. The third kappa shape index (κ3) is 5.06. The summed E-state index contributed by atoms with van der Waals surface area (Å²) in [4.78, 5) is 37.4. The number of aryl methyl sites for hydroxylation is 1. The maximum Gasteiger partial charge on any atom is 0.416 e. The van der Waals surface area contributed by atoms with Gasteiger partial charge in [-0.05, 0) is 54.7 Å². The summed E-state index contributed by atoms with van der Waals surface area (Å²) in [5.41, 5.74) is -2.51. The van der Waals surface area contributed by atoms with E-state index in [9.17, 15) is 32.7 Å². The molecule has 7 nitrogen and oxygen atoms in total. The molecule has 174 valence electrons. The van der Waals surface area contributed by atoms with E-state index in [0.29, 0.717) is 17.4 Å². The van der Waals surface area contributed by atoms with Gasteiger partial charge in [-0.3, -0.25) is 13.9 Å². The van der Waals surface area contributed by atoms with Gasteiger partial charge < -0.3 is 10.2 Å². The summed E-state index contributed by atoms with van der Waals surface area (Å²) in [6.45, 7) is 0.722. The highest BCUT2D eigenvalue weighted by Gasteiger charge is 2.33. The fourth-order valence-corrected chi connectivity index (χ4v) is 3.51. The number of hydrogen-bond acceptors (Lipinski definition) is 4. The third-order valence-electron chi connectivity index (χ3n) is 5.32. The predicted octanol–water partition coefficient (Wildman–Crippen LogP) is 3.00. The minimum Gasteiger partial charge on any atom is -0.477 e. The van der Waals surface area contributed by atoms with E-state index in [1.807, 2.05) is 0 Å². The first-order valence-corrected chi connectivity index (χ1v) is 10.00. The molecule has 0 aliphatic heterocycles. The van der Waals surface area contributed by atoms with Crippen LogP contribution in [0.5, 0.6) is 0 Å². The molecule has 0 fully saturated rings. The van der Waals surface area contributed by atoms with Crippen LogP contribution in [0.2, 0.25) is 0 Å². The molecule has 33 heavy (non-hydrogen) atoms. The number of aromatic nitrogens is 2. The Kier molecular flexibility index (Phi) is 6.87. The van der Waals surface area contributed by atoms with E-state index in [1.54, 1.807) is 24.3 Å². The zero-order valence-electron chi connectivity index (χ0n) is 17.6. The largest absolute Gasteiger partial charge is 0.477 e. The minimum absolute atomic E-state index is 0.0170. The Balaban J connectivity index is 2.14. The average Bonchev–Trinajstić information content (AvgIpc) is 2.75. The molecule has 2 N–H and O–H groups in total. The number of aliphatic hydroxyl groups is 1. The van der Waals surface area contributed by atoms with E-state index < -0.39 is 41.1 Å². The van der Waals surface area contributed by atoms with Crippen LogP contribution >= 0.6 is 0 Å². The van der Waals surface area contributed by atoms with Gasteiger partial charge >= 0.3 is 17.8 Å². The molecule has 0 aliphatic carbocycles. The molecule has 0 saturated heterocycles. The van der Waals surface area contributed by atoms with Crippen molar-refractivity contribution < 1.29 is 28.2 Å². The van der Waals surface area contributed by atoms with Gasteiger partial charge in [-0.15, -0.1) is 0 Å². The molecular weight excluding hydrogens is 441 g/mol. The smallest absolute Gasteiger partial charge is 0.416 e. The SMILES string of the molecule is Cc1c(Cn2c(=O)c(C(=O)O)cn(-c3ccc(CCCO)cc3)c2=O)cccc1C(F)(F)F. The second-order valence-corrected chi connectivity index (χ2v) is 7.47. The lowest BCUT2D eigenvalue weighted by molar-refractivity contribution is -0.138. The Morgan fingerprint density at radius 3 is 2.30 bits per heavy atom. The van der Waals surface area contributed by atoms with Crippen LogP contribution in [-0.2, 0) is 19.1 Å². The van der Waals surface area contributed by atoms with Crippen molar-refractivity contribution in [2.75, 3.05) is 6.61 Å². The van der Waals surface area contributed by atoms with Crippen molar-refractivity contribution >= 4 is 5.97 Å². The molecule has 1 heterocycles. The minimum atomic E-state index is -4.62. The summed E-state index contributed by atoms with van der Waals surface area (Å²) in [7, 11) is 0. The van der Waals surface area contributed by atoms with Crippen LogP contribution < -0.4 is 11.2 Å². The maximum absolute atomic E-state index is 13.3. The Morgan fingerprint density at radius 2 is 1.73 bits per heavy atom. The number of aromatic carboxylic acids is 1. The van der Waals surface area contributed by atoms with Crippen molar-refractivity contribution in [3.05, 3.63) is 97.3 Å². The average molecular weight is 462 g/mol. The number of aliphatic hydroxyl groups excluding tert-OH is 1. The van der Waals surface area contributed by atoms with Gasteiger partial charge in [-0.2, -0.15) is 13.2 Å². The van der Waals surface area contributed by atoms with Crippen molar-refractivity contribution in [2.45, 2.75) is 32.5 Å². The van der Waals surface area contributed by atoms with Gasteiger partial charge in [-0.25, -0.2) is 9.59 Å². The highest BCUT2D eigenvalue weighted by atomic mass is 19.4. The van der Waals surface area contributed by atoms with Crippen molar-refractivity contribution in [2.24, 2.45) is 0 Å². The first-order valence-electron chi connectivity index (χ1n) is 10.00. The number of nitrogens with zero attached hydrogens (tertiary/aromatic N) is 2. The molecule has 10 heteroatoms. The number of alkyl halides is 3. The zero-order valence-corrected chi connectivity index (χ0v) is 17.6. The predicted molar refractivity (Wildman–Crippen MR) is 114 cm³/mol. The van der Waals surface area contributed by atoms with Gasteiger partial charge in [0.2, 0.25) is 0 Å². The molecule has 0 bridgehead atoms. The van der Waals surface area contributed by atoms with Crippen molar-refractivity contribution in [3.63, 3.8) is 0 Å². The van der Waals surface area contributed by atoms with E-state index in [1.165, 1.54) is 19.1 Å².